The average molecular weight is 279 g/mol. The maximum Gasteiger partial charge on any atom is 0.124 e. The summed E-state index contributed by atoms with van der Waals surface area (Å²) in [6, 6.07) is 6.06. The molecular weight excluding hydrogens is 250 g/mol. The van der Waals surface area contributed by atoms with Gasteiger partial charge in [-0.3, -0.25) is 0 Å². The third-order valence-electron chi connectivity index (χ3n) is 3.56. The van der Waals surface area contributed by atoms with E-state index in [1.807, 2.05) is 13.0 Å². The summed E-state index contributed by atoms with van der Waals surface area (Å²) in [6.07, 6.45) is -0.567. The number of methoxy groups -OCH3 is 1. The van der Waals surface area contributed by atoms with Crippen LogP contribution in [0, 0.1) is 5.92 Å². The molecule has 1 aromatic rings. The van der Waals surface area contributed by atoms with Crippen molar-refractivity contribution in [2.75, 3.05) is 13.7 Å². The van der Waals surface area contributed by atoms with Crippen LogP contribution in [-0.4, -0.2) is 24.8 Å². The van der Waals surface area contributed by atoms with Crippen molar-refractivity contribution in [3.63, 3.8) is 0 Å². The fourth-order valence-electron chi connectivity index (χ4n) is 2.15. The third-order valence-corrected chi connectivity index (χ3v) is 3.56. The van der Waals surface area contributed by atoms with Gasteiger partial charge in [0.2, 0.25) is 0 Å². The summed E-state index contributed by atoms with van der Waals surface area (Å²) in [4.78, 5) is 0. The Balaban J connectivity index is 2.94. The van der Waals surface area contributed by atoms with Crippen molar-refractivity contribution in [3.05, 3.63) is 29.3 Å². The van der Waals surface area contributed by atoms with Crippen LogP contribution in [0.3, 0.4) is 0 Å². The number of hydrogen-bond donors (Lipinski definition) is 2. The van der Waals surface area contributed by atoms with E-state index in [1.54, 1.807) is 7.11 Å². The lowest BCUT2D eigenvalue weighted by Crippen LogP contribution is -2.34. The first-order chi connectivity index (χ1) is 9.36. The van der Waals surface area contributed by atoms with E-state index < -0.39 is 6.10 Å². The van der Waals surface area contributed by atoms with Crippen molar-refractivity contribution in [2.45, 2.75) is 52.7 Å². The lowest BCUT2D eigenvalue weighted by Gasteiger charge is -2.24. The van der Waals surface area contributed by atoms with Crippen molar-refractivity contribution in [1.82, 2.24) is 5.32 Å². The summed E-state index contributed by atoms with van der Waals surface area (Å²) in [7, 11) is 1.65. The van der Waals surface area contributed by atoms with E-state index in [9.17, 15) is 5.11 Å². The molecule has 3 nitrogen and oxygen atoms in total. The van der Waals surface area contributed by atoms with Crippen LogP contribution in [0.5, 0.6) is 5.75 Å². The van der Waals surface area contributed by atoms with Crippen molar-refractivity contribution in [2.24, 2.45) is 5.92 Å². The van der Waals surface area contributed by atoms with Crippen molar-refractivity contribution >= 4 is 0 Å². The van der Waals surface area contributed by atoms with Gasteiger partial charge >= 0.3 is 0 Å². The van der Waals surface area contributed by atoms with Crippen molar-refractivity contribution in [3.8, 4) is 5.75 Å². The summed E-state index contributed by atoms with van der Waals surface area (Å²) in [6.45, 7) is 11.5. The van der Waals surface area contributed by atoms with Gasteiger partial charge in [0.15, 0.2) is 0 Å². The molecule has 114 valence electrons. The first-order valence-corrected chi connectivity index (χ1v) is 7.46. The van der Waals surface area contributed by atoms with E-state index in [0.29, 0.717) is 11.8 Å². The van der Waals surface area contributed by atoms with E-state index in [1.165, 1.54) is 5.56 Å². The zero-order valence-electron chi connectivity index (χ0n) is 13.6. The maximum absolute atomic E-state index is 10.6. The van der Waals surface area contributed by atoms with Gasteiger partial charge in [0.1, 0.15) is 5.75 Å². The first-order valence-electron chi connectivity index (χ1n) is 7.46. The number of rotatable bonds is 7. The Morgan fingerprint density at radius 2 is 1.80 bits per heavy atom. The molecule has 0 aromatic heterocycles. The molecule has 20 heavy (non-hydrogen) atoms. The molecule has 0 amide bonds. The zero-order chi connectivity index (χ0) is 15.3. The molecule has 0 heterocycles. The molecule has 0 fully saturated rings. The third kappa shape index (κ3) is 4.50. The number of nitrogens with one attached hydrogen (secondary N) is 1. The lowest BCUT2D eigenvalue weighted by atomic mass is 9.95. The molecule has 3 heteroatoms. The maximum atomic E-state index is 10.6. The predicted molar refractivity (Wildman–Crippen MR) is 84.3 cm³/mol. The van der Waals surface area contributed by atoms with Crippen molar-refractivity contribution < 1.29 is 9.84 Å². The van der Waals surface area contributed by atoms with Crippen LogP contribution in [0.15, 0.2) is 18.2 Å². The second-order valence-electron chi connectivity index (χ2n) is 6.19. The van der Waals surface area contributed by atoms with E-state index in [2.05, 4.69) is 45.1 Å². The van der Waals surface area contributed by atoms with Crippen LogP contribution in [0.25, 0.3) is 0 Å². The normalized spacial score (nSPS) is 14.7. The van der Waals surface area contributed by atoms with Crippen LogP contribution in [0.4, 0.5) is 0 Å². The van der Waals surface area contributed by atoms with Crippen LogP contribution < -0.4 is 10.1 Å². The van der Waals surface area contributed by atoms with Gasteiger partial charge in [-0.2, -0.15) is 0 Å². The molecule has 0 saturated carbocycles. The highest BCUT2D eigenvalue weighted by Gasteiger charge is 2.20. The molecule has 0 aliphatic rings. The SMILES string of the molecule is COc1ccc(C(C)C)cc1C(O)C(C)NCC(C)C. The zero-order valence-corrected chi connectivity index (χ0v) is 13.6. The molecule has 2 N–H and O–H groups in total. The minimum atomic E-state index is -0.567. The van der Waals surface area contributed by atoms with Gasteiger partial charge in [0, 0.05) is 11.6 Å². The lowest BCUT2D eigenvalue weighted by molar-refractivity contribution is 0.131. The van der Waals surface area contributed by atoms with Gasteiger partial charge in [-0.05, 0) is 43.0 Å². The minimum Gasteiger partial charge on any atom is -0.496 e. The quantitative estimate of drug-likeness (QED) is 0.803. The van der Waals surface area contributed by atoms with Crippen molar-refractivity contribution in [1.29, 1.82) is 0 Å². The predicted octanol–water partition coefficient (Wildman–Crippen LogP) is 3.49. The molecule has 0 saturated heterocycles. The smallest absolute Gasteiger partial charge is 0.124 e. The van der Waals surface area contributed by atoms with Gasteiger partial charge in [-0.15, -0.1) is 0 Å². The Hall–Kier alpha value is -1.06. The minimum absolute atomic E-state index is 0.00582. The summed E-state index contributed by atoms with van der Waals surface area (Å²) in [5, 5.41) is 14.0. The molecule has 0 spiro atoms. The molecular formula is C17H29NO2. The van der Waals surface area contributed by atoms with Gasteiger partial charge in [-0.25, -0.2) is 0 Å². The summed E-state index contributed by atoms with van der Waals surface area (Å²) in [5.74, 6) is 1.75. The standard InChI is InChI=1S/C17H29NO2/c1-11(2)10-18-13(5)17(19)15-9-14(12(3)4)7-8-16(15)20-6/h7-9,11-13,17-19H,10H2,1-6H3. The van der Waals surface area contributed by atoms with Crippen LogP contribution in [0.2, 0.25) is 0 Å². The highest BCUT2D eigenvalue weighted by Crippen LogP contribution is 2.30. The molecule has 0 aliphatic heterocycles. The number of aliphatic hydroxyl groups excluding tert-OH is 1. The van der Waals surface area contributed by atoms with E-state index in [0.717, 1.165) is 17.9 Å². The van der Waals surface area contributed by atoms with Crippen LogP contribution in [0.1, 0.15) is 57.8 Å². The summed E-state index contributed by atoms with van der Waals surface area (Å²) >= 11 is 0. The van der Waals surface area contributed by atoms with Gasteiger partial charge in [-0.1, -0.05) is 33.8 Å². The first kappa shape index (κ1) is 17.0. The Morgan fingerprint density at radius 1 is 1.15 bits per heavy atom. The highest BCUT2D eigenvalue weighted by molar-refractivity contribution is 5.40. The van der Waals surface area contributed by atoms with E-state index >= 15 is 0 Å². The topological polar surface area (TPSA) is 41.5 Å². The molecule has 0 aliphatic carbocycles. The summed E-state index contributed by atoms with van der Waals surface area (Å²) < 4.78 is 5.39. The molecule has 1 rings (SSSR count). The number of ether oxygens (including phenoxy) is 1. The second kappa shape index (κ2) is 7.65. The average Bonchev–Trinajstić information content (AvgIpc) is 2.42. The Morgan fingerprint density at radius 3 is 2.30 bits per heavy atom. The van der Waals surface area contributed by atoms with Gasteiger partial charge in [0.25, 0.3) is 0 Å². The Labute approximate surface area is 123 Å². The monoisotopic (exact) mass is 279 g/mol. The van der Waals surface area contributed by atoms with E-state index in [4.69, 9.17) is 4.74 Å². The van der Waals surface area contributed by atoms with E-state index in [-0.39, 0.29) is 6.04 Å². The van der Waals surface area contributed by atoms with Crippen LogP contribution in [-0.2, 0) is 0 Å². The van der Waals surface area contributed by atoms with Gasteiger partial charge in [0.05, 0.1) is 13.2 Å². The number of benzene rings is 1. The van der Waals surface area contributed by atoms with Gasteiger partial charge < -0.3 is 15.2 Å². The highest BCUT2D eigenvalue weighted by atomic mass is 16.5. The molecule has 2 unspecified atom stereocenters. The second-order valence-corrected chi connectivity index (χ2v) is 6.19. The Bertz CT molecular complexity index is 415. The largest absolute Gasteiger partial charge is 0.496 e. The Kier molecular flexibility index (Phi) is 6.50. The molecule has 0 radical (unpaired) electrons. The summed E-state index contributed by atoms with van der Waals surface area (Å²) in [5.41, 5.74) is 2.08. The fourth-order valence-corrected chi connectivity index (χ4v) is 2.15. The molecule has 0 bridgehead atoms. The van der Waals surface area contributed by atoms with Crippen LogP contribution >= 0.6 is 0 Å². The fraction of sp³-hybridized carbons (Fsp3) is 0.647. The molecule has 1 aromatic carbocycles. The number of aliphatic hydroxyl groups is 1. The molecule has 2 atom stereocenters. The number of hydrogen-bond acceptors (Lipinski definition) is 3.